The molecule has 33 heavy (non-hydrogen) atoms. The second-order valence-corrected chi connectivity index (χ2v) is 9.23. The third-order valence-corrected chi connectivity index (χ3v) is 7.24. The number of hydrogen-bond donors (Lipinski definition) is 9. The maximum atomic E-state index is 13.5. The first kappa shape index (κ1) is 27.5. The van der Waals surface area contributed by atoms with Gasteiger partial charge in [0.15, 0.2) is 12.4 Å². The van der Waals surface area contributed by atoms with Crippen LogP contribution in [0.25, 0.3) is 0 Å². The van der Waals surface area contributed by atoms with Gasteiger partial charge in [-0.05, 0) is 6.07 Å². The highest BCUT2D eigenvalue weighted by molar-refractivity contribution is 7.53. The lowest BCUT2D eigenvalue weighted by Crippen LogP contribution is -2.64. The average Bonchev–Trinajstić information content (AvgIpc) is 3.16. The molecule has 1 aromatic rings. The third kappa shape index (κ3) is 4.37. The lowest BCUT2D eigenvalue weighted by molar-refractivity contribution is -0.777. The number of primary amides is 1. The number of ether oxygens (including phenoxy) is 2. The highest BCUT2D eigenvalue weighted by Gasteiger charge is 2.71. The van der Waals surface area contributed by atoms with Crippen molar-refractivity contribution in [1.29, 1.82) is 0 Å². The van der Waals surface area contributed by atoms with E-state index < -0.39 is 75.1 Å². The second-order valence-electron chi connectivity index (χ2n) is 7.34. The summed E-state index contributed by atoms with van der Waals surface area (Å²) in [4.78, 5) is 22.6. The van der Waals surface area contributed by atoms with Crippen LogP contribution in [-0.2, 0) is 24.0 Å². The molecule has 188 valence electrons. The molecule has 3 unspecified atom stereocenters. The summed E-state index contributed by atoms with van der Waals surface area (Å²) in [6.07, 6.45) is -11.8. The van der Waals surface area contributed by atoms with Gasteiger partial charge >= 0.3 is 13.1 Å². The number of pyridine rings is 1. The zero-order valence-corrected chi connectivity index (χ0v) is 17.8. The molecule has 0 saturated carbocycles. The highest BCUT2D eigenvalue weighted by atomic mass is 31.2. The number of nitrogen functional groups attached to an aromatic ring is 1. The molecule has 2 aliphatic heterocycles. The molecule has 0 aliphatic carbocycles. The number of carbonyl (C=O) groups excluding carboxylic acids is 1. The van der Waals surface area contributed by atoms with Crippen molar-refractivity contribution < 1.29 is 68.9 Å². The van der Waals surface area contributed by atoms with Crippen LogP contribution in [0.2, 0.25) is 0 Å². The van der Waals surface area contributed by atoms with E-state index in [1.165, 1.54) is 6.07 Å². The smallest absolute Gasteiger partial charge is 0.409 e. The minimum atomic E-state index is -5.45. The van der Waals surface area contributed by atoms with Gasteiger partial charge < -0.3 is 56.2 Å². The van der Waals surface area contributed by atoms with Gasteiger partial charge in [0.1, 0.15) is 36.7 Å². The van der Waals surface area contributed by atoms with E-state index >= 15 is 0 Å². The Morgan fingerprint density at radius 2 is 1.73 bits per heavy atom. The minimum absolute atomic E-state index is 0. The fraction of sp³-hybridized carbons (Fsp3) is 0.625. The van der Waals surface area contributed by atoms with Crippen molar-refractivity contribution in [3.05, 3.63) is 23.9 Å². The summed E-state index contributed by atoms with van der Waals surface area (Å²) in [6.45, 7) is -1.66. The van der Waals surface area contributed by atoms with Gasteiger partial charge in [0.05, 0.1) is 18.8 Å². The van der Waals surface area contributed by atoms with E-state index in [0.717, 1.165) is 12.3 Å². The van der Waals surface area contributed by atoms with E-state index in [-0.39, 0.29) is 16.9 Å². The molecule has 1 aromatic heterocycles. The topological polar surface area (TPSA) is 289 Å². The van der Waals surface area contributed by atoms with Crippen molar-refractivity contribution >= 4 is 19.3 Å². The first-order valence-corrected chi connectivity index (χ1v) is 10.9. The summed E-state index contributed by atoms with van der Waals surface area (Å²) in [6, 6.07) is 2.28. The Labute approximate surface area is 186 Å². The van der Waals surface area contributed by atoms with Crippen LogP contribution in [0.1, 0.15) is 10.4 Å². The summed E-state index contributed by atoms with van der Waals surface area (Å²) >= 11 is 0. The van der Waals surface area contributed by atoms with E-state index in [2.05, 4.69) is 0 Å². The van der Waals surface area contributed by atoms with Crippen LogP contribution in [0, 0.1) is 0 Å². The van der Waals surface area contributed by atoms with E-state index in [4.69, 9.17) is 25.5 Å². The van der Waals surface area contributed by atoms with Crippen LogP contribution in [0.3, 0.4) is 0 Å². The molecule has 0 spiro atoms. The number of carbonyl (C=O) groups is 1. The zero-order valence-electron chi connectivity index (χ0n) is 16.9. The molecular weight excluding hydrogens is 473 g/mol. The van der Waals surface area contributed by atoms with Crippen LogP contribution >= 0.6 is 7.60 Å². The minimum Gasteiger partial charge on any atom is -0.870 e. The Hall–Kier alpha value is -1.79. The average molecular weight is 499 g/mol. The molecule has 2 saturated heterocycles. The summed E-state index contributed by atoms with van der Waals surface area (Å²) in [5, 5.41) is 59.7. The van der Waals surface area contributed by atoms with Gasteiger partial charge in [0, 0.05) is 6.07 Å². The summed E-state index contributed by atoms with van der Waals surface area (Å²) in [5.41, 5.74) is 7.95. The standard InChI is InChI=1S/C16H24N3O12P.H2O/c17-9-2-1-6(14(18)26)3-19(9)16(13(25)11(23)8(5-21)30-16)32(27,28)31-15-12(24)10(22)7(4-20)29-15;/h1-3,7-8,10-13,15,17,20-25H,4-5H2,(H3,18,26,27,28);1H2/t7-,8-,10-,11-,12-,13-,15?,16?;/m1./s1. The van der Waals surface area contributed by atoms with Gasteiger partial charge in [0.2, 0.25) is 0 Å². The number of aliphatic hydroxyl groups is 6. The van der Waals surface area contributed by atoms with Crippen molar-refractivity contribution in [3.63, 3.8) is 0 Å². The predicted molar refractivity (Wildman–Crippen MR) is 102 cm³/mol. The van der Waals surface area contributed by atoms with Crippen molar-refractivity contribution in [2.45, 2.75) is 48.4 Å². The molecule has 0 aromatic carbocycles. The maximum absolute atomic E-state index is 13.5. The molecule has 9 atom stereocenters. The first-order chi connectivity index (χ1) is 14.9. The SMILES string of the molecule is NC(=O)c1ccc(N)[n+](C2(P(=O)(O)OC3O[C@H](CO)[C@@H](O)[C@H]3O)O[C@H](CO)[C@@H](O)[C@H]2O)c1.[OH-]. The highest BCUT2D eigenvalue weighted by Crippen LogP contribution is 2.63. The lowest BCUT2D eigenvalue weighted by atomic mass is 10.1. The number of rotatable bonds is 7. The van der Waals surface area contributed by atoms with E-state index in [9.17, 15) is 44.9 Å². The van der Waals surface area contributed by atoms with E-state index in [0.29, 0.717) is 4.57 Å². The van der Waals surface area contributed by atoms with Gasteiger partial charge in [-0.25, -0.2) is 0 Å². The van der Waals surface area contributed by atoms with Gasteiger partial charge in [-0.2, -0.15) is 4.57 Å². The molecule has 12 N–H and O–H groups in total. The third-order valence-electron chi connectivity index (χ3n) is 5.35. The van der Waals surface area contributed by atoms with E-state index in [1.807, 2.05) is 0 Å². The van der Waals surface area contributed by atoms with Crippen molar-refractivity contribution in [2.75, 3.05) is 18.9 Å². The largest absolute Gasteiger partial charge is 0.870 e. The Bertz CT molecular complexity index is 922. The molecule has 2 aliphatic rings. The van der Waals surface area contributed by atoms with Crippen LogP contribution in [-0.4, -0.2) is 103 Å². The number of aliphatic hydroxyl groups excluding tert-OH is 6. The van der Waals surface area contributed by atoms with Crippen molar-refractivity contribution in [1.82, 2.24) is 0 Å². The number of nitrogens with two attached hydrogens (primary N) is 2. The van der Waals surface area contributed by atoms with Gasteiger partial charge in [-0.1, -0.05) is 0 Å². The molecule has 1 amide bonds. The monoisotopic (exact) mass is 499 g/mol. The summed E-state index contributed by atoms with van der Waals surface area (Å²) in [7, 11) is -5.45. The maximum Gasteiger partial charge on any atom is 0.409 e. The lowest BCUT2D eigenvalue weighted by Gasteiger charge is -2.34. The number of hydrogen-bond acceptors (Lipinski definition) is 13. The van der Waals surface area contributed by atoms with Gasteiger partial charge in [-0.3, -0.25) is 19.6 Å². The van der Waals surface area contributed by atoms with Crippen LogP contribution in [0.4, 0.5) is 5.82 Å². The van der Waals surface area contributed by atoms with Crippen LogP contribution < -0.4 is 16.0 Å². The molecule has 2 fully saturated rings. The van der Waals surface area contributed by atoms with Gasteiger partial charge in [-0.15, -0.1) is 0 Å². The molecule has 3 heterocycles. The van der Waals surface area contributed by atoms with Crippen LogP contribution in [0.15, 0.2) is 18.3 Å². The quantitative estimate of drug-likeness (QED) is 0.125. The number of aromatic nitrogens is 1. The Morgan fingerprint density at radius 1 is 1.12 bits per heavy atom. The second kappa shape index (κ2) is 9.83. The summed E-state index contributed by atoms with van der Waals surface area (Å²) < 4.78 is 29.6. The van der Waals surface area contributed by atoms with Crippen molar-refractivity contribution in [3.8, 4) is 0 Å². The number of amides is 1. The Balaban J connectivity index is 0.00000385. The summed E-state index contributed by atoms with van der Waals surface area (Å²) in [5.74, 6) is -1.32. The number of anilines is 1. The zero-order chi connectivity index (χ0) is 24.0. The fourth-order valence-electron chi connectivity index (χ4n) is 3.61. The molecule has 3 rings (SSSR count). The Kier molecular flexibility index (Phi) is 8.18. The molecule has 0 bridgehead atoms. The van der Waals surface area contributed by atoms with E-state index in [1.54, 1.807) is 0 Å². The fourth-order valence-corrected chi connectivity index (χ4v) is 5.41. The predicted octanol–water partition coefficient (Wildman–Crippen LogP) is -5.16. The van der Waals surface area contributed by atoms with Crippen molar-refractivity contribution in [2.24, 2.45) is 5.73 Å². The normalized spacial score (nSPS) is 38.0. The molecule has 17 heteroatoms. The van der Waals surface area contributed by atoms with Gasteiger partial charge in [0.25, 0.3) is 11.7 Å². The van der Waals surface area contributed by atoms with Crippen LogP contribution in [0.5, 0.6) is 0 Å². The first-order valence-electron chi connectivity index (χ1n) is 9.31. The number of nitrogens with zero attached hydrogens (tertiary/aromatic N) is 1. The Morgan fingerprint density at radius 3 is 2.21 bits per heavy atom. The molecular formula is C16H26N3O13P. The molecule has 16 nitrogen and oxygen atoms in total. The molecule has 0 radical (unpaired) electrons.